The van der Waals surface area contributed by atoms with Crippen LogP contribution in [0.25, 0.3) is 0 Å². The first-order chi connectivity index (χ1) is 8.75. The summed E-state index contributed by atoms with van der Waals surface area (Å²) in [5, 5.41) is 22.8. The van der Waals surface area contributed by atoms with Gasteiger partial charge >= 0.3 is 5.97 Å². The number of nitrogens with zero attached hydrogens (tertiary/aromatic N) is 1. The quantitative estimate of drug-likeness (QED) is 0.607. The van der Waals surface area contributed by atoms with Crippen molar-refractivity contribution < 1.29 is 14.8 Å². The van der Waals surface area contributed by atoms with Gasteiger partial charge in [-0.1, -0.05) is 12.1 Å². The third kappa shape index (κ3) is 3.75. The van der Waals surface area contributed by atoms with Crippen LogP contribution in [0.15, 0.2) is 18.2 Å². The Morgan fingerprint density at radius 1 is 1.47 bits per heavy atom. The van der Waals surface area contributed by atoms with E-state index in [9.17, 15) is 14.9 Å². The fraction of sp³-hybridized carbons (Fsp3) is 0.462. The van der Waals surface area contributed by atoms with Gasteiger partial charge in [-0.05, 0) is 26.3 Å². The molecule has 1 aromatic carbocycles. The highest BCUT2D eigenvalue weighted by Gasteiger charge is 2.26. The lowest BCUT2D eigenvalue weighted by atomic mass is 9.94. The van der Waals surface area contributed by atoms with Crippen LogP contribution in [0.3, 0.4) is 0 Å². The molecule has 6 heteroatoms. The van der Waals surface area contributed by atoms with Gasteiger partial charge in [0.25, 0.3) is 5.69 Å². The molecule has 0 saturated heterocycles. The monoisotopic (exact) mass is 266 g/mol. The second-order valence-corrected chi connectivity index (χ2v) is 5.11. The summed E-state index contributed by atoms with van der Waals surface area (Å²) in [7, 11) is 0. The first-order valence-corrected chi connectivity index (χ1v) is 5.92. The predicted octanol–water partition coefficient (Wildman–Crippen LogP) is 2.10. The zero-order valence-corrected chi connectivity index (χ0v) is 11.3. The first-order valence-electron chi connectivity index (χ1n) is 5.92. The van der Waals surface area contributed by atoms with Gasteiger partial charge in [-0.25, -0.2) is 0 Å². The topological polar surface area (TPSA) is 92.5 Å². The van der Waals surface area contributed by atoms with Gasteiger partial charge < -0.3 is 10.4 Å². The van der Waals surface area contributed by atoms with Crippen molar-refractivity contribution in [3.8, 4) is 0 Å². The molecule has 0 unspecified atom stereocenters. The van der Waals surface area contributed by atoms with Gasteiger partial charge in [0.15, 0.2) is 0 Å². The van der Waals surface area contributed by atoms with E-state index in [0.717, 1.165) is 5.56 Å². The Labute approximate surface area is 111 Å². The van der Waals surface area contributed by atoms with E-state index in [-0.39, 0.29) is 5.69 Å². The summed E-state index contributed by atoms with van der Waals surface area (Å²) in [6, 6.07) is 4.88. The molecule has 0 aliphatic rings. The van der Waals surface area contributed by atoms with E-state index in [2.05, 4.69) is 5.32 Å². The normalized spacial score (nSPS) is 11.3. The van der Waals surface area contributed by atoms with Crippen molar-refractivity contribution in [3.05, 3.63) is 39.4 Å². The highest BCUT2D eigenvalue weighted by molar-refractivity contribution is 5.73. The molecular formula is C13H18N2O4. The van der Waals surface area contributed by atoms with Gasteiger partial charge in [-0.3, -0.25) is 14.9 Å². The van der Waals surface area contributed by atoms with Crippen LogP contribution in [-0.2, 0) is 11.3 Å². The first kappa shape index (κ1) is 15.1. The molecule has 104 valence electrons. The molecule has 0 atom stereocenters. The molecule has 0 saturated carbocycles. The van der Waals surface area contributed by atoms with E-state index in [1.165, 1.54) is 6.07 Å². The van der Waals surface area contributed by atoms with E-state index in [4.69, 9.17) is 5.11 Å². The number of rotatable bonds is 6. The fourth-order valence-corrected chi connectivity index (χ4v) is 1.64. The highest BCUT2D eigenvalue weighted by Crippen LogP contribution is 2.21. The van der Waals surface area contributed by atoms with Crippen molar-refractivity contribution in [3.63, 3.8) is 0 Å². The Morgan fingerprint density at radius 3 is 2.63 bits per heavy atom. The lowest BCUT2D eigenvalue weighted by Gasteiger charge is -2.19. The van der Waals surface area contributed by atoms with Gasteiger partial charge in [-0.15, -0.1) is 0 Å². The Hall–Kier alpha value is -1.95. The molecule has 19 heavy (non-hydrogen) atoms. The summed E-state index contributed by atoms with van der Waals surface area (Å²) in [5.74, 6) is -0.879. The number of carboxylic acids is 1. The second kappa shape index (κ2) is 5.79. The number of benzene rings is 1. The molecule has 0 amide bonds. The lowest BCUT2D eigenvalue weighted by molar-refractivity contribution is -0.385. The average Bonchev–Trinajstić information content (AvgIpc) is 2.30. The summed E-state index contributed by atoms with van der Waals surface area (Å²) in [4.78, 5) is 21.3. The molecule has 2 N–H and O–H groups in total. The number of nitro benzene ring substituents is 1. The summed E-state index contributed by atoms with van der Waals surface area (Å²) < 4.78 is 0. The highest BCUT2D eigenvalue weighted by atomic mass is 16.6. The van der Waals surface area contributed by atoms with Gasteiger partial charge in [0.2, 0.25) is 0 Å². The smallest absolute Gasteiger partial charge is 0.310 e. The summed E-state index contributed by atoms with van der Waals surface area (Å²) in [6.07, 6.45) is 0. The Bertz CT molecular complexity index is 497. The number of carbonyl (C=O) groups is 1. The zero-order chi connectivity index (χ0) is 14.6. The fourth-order valence-electron chi connectivity index (χ4n) is 1.64. The van der Waals surface area contributed by atoms with Gasteiger partial charge in [-0.2, -0.15) is 0 Å². The van der Waals surface area contributed by atoms with Crippen molar-refractivity contribution in [2.45, 2.75) is 27.3 Å². The zero-order valence-electron chi connectivity index (χ0n) is 11.3. The standard InChI is InChI=1S/C13H18N2O4/c1-9-10(5-4-6-11(9)15(18)19)7-14-8-13(2,3)12(16)17/h4-6,14H,7-8H2,1-3H3,(H,16,17). The Morgan fingerprint density at radius 2 is 2.11 bits per heavy atom. The third-order valence-electron chi connectivity index (χ3n) is 3.08. The van der Waals surface area contributed by atoms with Crippen molar-refractivity contribution >= 4 is 11.7 Å². The van der Waals surface area contributed by atoms with Crippen LogP contribution < -0.4 is 5.32 Å². The number of hydrogen-bond acceptors (Lipinski definition) is 4. The molecule has 1 rings (SSSR count). The number of aliphatic carboxylic acids is 1. The maximum atomic E-state index is 10.9. The van der Waals surface area contributed by atoms with Gasteiger partial charge in [0.05, 0.1) is 10.3 Å². The third-order valence-corrected chi connectivity index (χ3v) is 3.08. The molecule has 0 aromatic heterocycles. The average molecular weight is 266 g/mol. The van der Waals surface area contributed by atoms with Gasteiger partial charge in [0.1, 0.15) is 0 Å². The molecule has 0 bridgehead atoms. The molecular weight excluding hydrogens is 248 g/mol. The maximum Gasteiger partial charge on any atom is 0.310 e. The summed E-state index contributed by atoms with van der Waals surface area (Å²) in [6.45, 7) is 5.65. The molecule has 0 radical (unpaired) electrons. The summed E-state index contributed by atoms with van der Waals surface area (Å²) >= 11 is 0. The van der Waals surface area contributed by atoms with Crippen LogP contribution in [0, 0.1) is 22.5 Å². The van der Waals surface area contributed by atoms with Crippen LogP contribution in [0.1, 0.15) is 25.0 Å². The number of hydrogen-bond donors (Lipinski definition) is 2. The molecule has 0 aliphatic carbocycles. The van der Waals surface area contributed by atoms with Crippen molar-refractivity contribution in [2.24, 2.45) is 5.41 Å². The minimum absolute atomic E-state index is 0.0804. The van der Waals surface area contributed by atoms with Crippen molar-refractivity contribution in [1.29, 1.82) is 0 Å². The predicted molar refractivity (Wildman–Crippen MR) is 71.0 cm³/mol. The molecule has 0 fully saturated rings. The molecule has 1 aromatic rings. The van der Waals surface area contributed by atoms with Crippen molar-refractivity contribution in [2.75, 3.05) is 6.54 Å². The minimum Gasteiger partial charge on any atom is -0.481 e. The van der Waals surface area contributed by atoms with E-state index in [1.54, 1.807) is 32.9 Å². The van der Waals surface area contributed by atoms with Crippen LogP contribution in [0.2, 0.25) is 0 Å². The van der Waals surface area contributed by atoms with E-state index in [0.29, 0.717) is 18.7 Å². The largest absolute Gasteiger partial charge is 0.481 e. The van der Waals surface area contributed by atoms with Crippen LogP contribution >= 0.6 is 0 Å². The lowest BCUT2D eigenvalue weighted by Crippen LogP contribution is -2.35. The Balaban J connectivity index is 2.72. The van der Waals surface area contributed by atoms with Gasteiger partial charge in [0, 0.05) is 24.7 Å². The number of carboxylic acid groups (broad SMARTS) is 1. The molecule has 0 aliphatic heterocycles. The van der Waals surface area contributed by atoms with Crippen molar-refractivity contribution in [1.82, 2.24) is 5.32 Å². The number of nitro groups is 1. The van der Waals surface area contributed by atoms with E-state index in [1.807, 2.05) is 0 Å². The van der Waals surface area contributed by atoms with E-state index < -0.39 is 16.3 Å². The van der Waals surface area contributed by atoms with Crippen LogP contribution in [0.4, 0.5) is 5.69 Å². The maximum absolute atomic E-state index is 10.9. The summed E-state index contributed by atoms with van der Waals surface area (Å²) in [5.41, 5.74) is 0.620. The van der Waals surface area contributed by atoms with Crippen LogP contribution in [-0.4, -0.2) is 22.5 Å². The van der Waals surface area contributed by atoms with Crippen LogP contribution in [0.5, 0.6) is 0 Å². The molecule has 0 heterocycles. The molecule has 6 nitrogen and oxygen atoms in total. The second-order valence-electron chi connectivity index (χ2n) is 5.11. The molecule has 0 spiro atoms. The SMILES string of the molecule is Cc1c(CNCC(C)(C)C(=O)O)cccc1[N+](=O)[O-]. The minimum atomic E-state index is -0.879. The number of nitrogens with one attached hydrogen (secondary N) is 1. The Kier molecular flexibility index (Phi) is 4.61. The van der Waals surface area contributed by atoms with E-state index >= 15 is 0 Å².